The van der Waals surface area contributed by atoms with E-state index in [1.54, 1.807) is 32.4 Å². The van der Waals surface area contributed by atoms with E-state index in [2.05, 4.69) is 0 Å². The van der Waals surface area contributed by atoms with Crippen LogP contribution in [0.15, 0.2) is 18.2 Å². The standard InChI is InChI=1S/C12H17ClO3/c1-8(7-15-2)12(14)10-6-9(13)4-5-11(10)16-3/h4-6,8,12,14H,7H2,1-3H3. The van der Waals surface area contributed by atoms with Crippen LogP contribution >= 0.6 is 11.6 Å². The summed E-state index contributed by atoms with van der Waals surface area (Å²) in [4.78, 5) is 0. The molecule has 0 aliphatic heterocycles. The van der Waals surface area contributed by atoms with Crippen LogP contribution in [-0.2, 0) is 4.74 Å². The lowest BCUT2D eigenvalue weighted by molar-refractivity contribution is 0.0552. The number of halogens is 1. The second-order valence-electron chi connectivity index (χ2n) is 3.76. The fraction of sp³-hybridized carbons (Fsp3) is 0.500. The van der Waals surface area contributed by atoms with Crippen molar-refractivity contribution in [3.63, 3.8) is 0 Å². The Balaban J connectivity index is 2.96. The quantitative estimate of drug-likeness (QED) is 0.866. The number of benzene rings is 1. The smallest absolute Gasteiger partial charge is 0.124 e. The van der Waals surface area contributed by atoms with Gasteiger partial charge in [0.2, 0.25) is 0 Å². The van der Waals surface area contributed by atoms with Gasteiger partial charge in [0.15, 0.2) is 0 Å². The molecule has 0 heterocycles. The molecule has 1 aromatic carbocycles. The summed E-state index contributed by atoms with van der Waals surface area (Å²) in [5, 5.41) is 10.7. The molecular weight excluding hydrogens is 228 g/mol. The van der Waals surface area contributed by atoms with Crippen LogP contribution in [0.1, 0.15) is 18.6 Å². The Labute approximate surface area is 101 Å². The molecule has 1 rings (SSSR count). The molecule has 2 unspecified atom stereocenters. The van der Waals surface area contributed by atoms with Gasteiger partial charge in [0.05, 0.1) is 19.8 Å². The number of hydrogen-bond donors (Lipinski definition) is 1. The average Bonchev–Trinajstić information content (AvgIpc) is 2.28. The van der Waals surface area contributed by atoms with E-state index in [9.17, 15) is 5.11 Å². The summed E-state index contributed by atoms with van der Waals surface area (Å²) >= 11 is 5.90. The molecule has 0 fully saturated rings. The second kappa shape index (κ2) is 6.09. The van der Waals surface area contributed by atoms with E-state index in [-0.39, 0.29) is 5.92 Å². The fourth-order valence-electron chi connectivity index (χ4n) is 1.60. The number of rotatable bonds is 5. The van der Waals surface area contributed by atoms with Gasteiger partial charge < -0.3 is 14.6 Å². The maximum Gasteiger partial charge on any atom is 0.124 e. The third-order valence-corrected chi connectivity index (χ3v) is 2.71. The van der Waals surface area contributed by atoms with Crippen molar-refractivity contribution in [2.24, 2.45) is 5.92 Å². The molecule has 0 aliphatic rings. The lowest BCUT2D eigenvalue weighted by Gasteiger charge is -2.20. The summed E-state index contributed by atoms with van der Waals surface area (Å²) in [5.74, 6) is 0.622. The van der Waals surface area contributed by atoms with Crippen LogP contribution in [0.25, 0.3) is 0 Å². The van der Waals surface area contributed by atoms with Gasteiger partial charge in [0.25, 0.3) is 0 Å². The van der Waals surface area contributed by atoms with Crippen molar-refractivity contribution in [3.05, 3.63) is 28.8 Å². The highest BCUT2D eigenvalue weighted by Gasteiger charge is 2.20. The fourth-order valence-corrected chi connectivity index (χ4v) is 1.78. The van der Waals surface area contributed by atoms with Gasteiger partial charge >= 0.3 is 0 Å². The van der Waals surface area contributed by atoms with Gasteiger partial charge in [0, 0.05) is 23.6 Å². The molecule has 1 N–H and O–H groups in total. The van der Waals surface area contributed by atoms with Gasteiger partial charge in [-0.3, -0.25) is 0 Å². The largest absolute Gasteiger partial charge is 0.496 e. The Kier molecular flexibility index (Phi) is 5.06. The van der Waals surface area contributed by atoms with Crippen molar-refractivity contribution in [3.8, 4) is 5.75 Å². The Morgan fingerprint density at radius 2 is 2.06 bits per heavy atom. The average molecular weight is 245 g/mol. The summed E-state index contributed by atoms with van der Waals surface area (Å²) in [6, 6.07) is 5.20. The van der Waals surface area contributed by atoms with Crippen molar-refractivity contribution >= 4 is 11.6 Å². The minimum atomic E-state index is -0.645. The molecule has 0 aliphatic carbocycles. The molecule has 1 aromatic rings. The number of aliphatic hydroxyl groups excluding tert-OH is 1. The maximum atomic E-state index is 10.1. The highest BCUT2D eigenvalue weighted by Crippen LogP contribution is 2.32. The predicted octanol–water partition coefficient (Wildman–Crippen LogP) is 2.66. The van der Waals surface area contributed by atoms with Crippen LogP contribution in [-0.4, -0.2) is 25.9 Å². The van der Waals surface area contributed by atoms with Gasteiger partial charge in [-0.05, 0) is 18.2 Å². The van der Waals surface area contributed by atoms with E-state index in [1.165, 1.54) is 0 Å². The first kappa shape index (κ1) is 13.3. The molecule has 0 saturated carbocycles. The highest BCUT2D eigenvalue weighted by atomic mass is 35.5. The molecule has 3 nitrogen and oxygen atoms in total. The van der Waals surface area contributed by atoms with Crippen LogP contribution in [0.5, 0.6) is 5.75 Å². The van der Waals surface area contributed by atoms with E-state index < -0.39 is 6.10 Å². The van der Waals surface area contributed by atoms with Crippen LogP contribution in [0.3, 0.4) is 0 Å². The molecule has 90 valence electrons. The second-order valence-corrected chi connectivity index (χ2v) is 4.20. The minimum Gasteiger partial charge on any atom is -0.496 e. The molecular formula is C12H17ClO3. The highest BCUT2D eigenvalue weighted by molar-refractivity contribution is 6.30. The summed E-state index contributed by atoms with van der Waals surface area (Å²) in [6.45, 7) is 2.39. The monoisotopic (exact) mass is 244 g/mol. The van der Waals surface area contributed by atoms with Gasteiger partial charge in [-0.25, -0.2) is 0 Å². The molecule has 0 aromatic heterocycles. The lowest BCUT2D eigenvalue weighted by atomic mass is 9.97. The van der Waals surface area contributed by atoms with Gasteiger partial charge in [-0.2, -0.15) is 0 Å². The Morgan fingerprint density at radius 1 is 1.38 bits per heavy atom. The maximum absolute atomic E-state index is 10.1. The van der Waals surface area contributed by atoms with Gasteiger partial charge in [-0.1, -0.05) is 18.5 Å². The molecule has 0 amide bonds. The summed E-state index contributed by atoms with van der Waals surface area (Å²) in [6.07, 6.45) is -0.645. The zero-order chi connectivity index (χ0) is 12.1. The lowest BCUT2D eigenvalue weighted by Crippen LogP contribution is -2.15. The zero-order valence-electron chi connectivity index (χ0n) is 9.74. The topological polar surface area (TPSA) is 38.7 Å². The molecule has 16 heavy (non-hydrogen) atoms. The Bertz CT molecular complexity index is 341. The van der Waals surface area contributed by atoms with Crippen LogP contribution in [0.2, 0.25) is 5.02 Å². The Morgan fingerprint density at radius 3 is 2.62 bits per heavy atom. The number of ether oxygens (including phenoxy) is 2. The van der Waals surface area contributed by atoms with Crippen LogP contribution in [0, 0.1) is 5.92 Å². The third kappa shape index (κ3) is 3.11. The normalized spacial score (nSPS) is 14.6. The molecule has 0 saturated heterocycles. The van der Waals surface area contributed by atoms with E-state index in [0.717, 1.165) is 0 Å². The third-order valence-electron chi connectivity index (χ3n) is 2.48. The predicted molar refractivity (Wildman–Crippen MR) is 64.0 cm³/mol. The SMILES string of the molecule is COCC(C)C(O)c1cc(Cl)ccc1OC. The summed E-state index contributed by atoms with van der Waals surface area (Å²) in [7, 11) is 3.18. The minimum absolute atomic E-state index is 0.0163. The Hall–Kier alpha value is -0.770. The number of aliphatic hydroxyl groups is 1. The molecule has 2 atom stereocenters. The van der Waals surface area contributed by atoms with E-state index in [0.29, 0.717) is 22.9 Å². The zero-order valence-corrected chi connectivity index (χ0v) is 10.5. The van der Waals surface area contributed by atoms with Crippen molar-refractivity contribution in [2.75, 3.05) is 20.8 Å². The molecule has 0 radical (unpaired) electrons. The molecule has 0 bridgehead atoms. The van der Waals surface area contributed by atoms with Gasteiger partial charge in [0.1, 0.15) is 5.75 Å². The van der Waals surface area contributed by atoms with Crippen molar-refractivity contribution < 1.29 is 14.6 Å². The van der Waals surface area contributed by atoms with Crippen LogP contribution in [0.4, 0.5) is 0 Å². The van der Waals surface area contributed by atoms with E-state index in [4.69, 9.17) is 21.1 Å². The summed E-state index contributed by atoms with van der Waals surface area (Å²) in [5.41, 5.74) is 0.694. The van der Waals surface area contributed by atoms with E-state index >= 15 is 0 Å². The van der Waals surface area contributed by atoms with Gasteiger partial charge in [-0.15, -0.1) is 0 Å². The van der Waals surface area contributed by atoms with Crippen molar-refractivity contribution in [2.45, 2.75) is 13.0 Å². The van der Waals surface area contributed by atoms with E-state index in [1.807, 2.05) is 6.92 Å². The van der Waals surface area contributed by atoms with Crippen molar-refractivity contribution in [1.82, 2.24) is 0 Å². The number of hydrogen-bond acceptors (Lipinski definition) is 3. The first-order chi connectivity index (χ1) is 7.60. The first-order valence-corrected chi connectivity index (χ1v) is 5.48. The first-order valence-electron chi connectivity index (χ1n) is 5.10. The number of methoxy groups -OCH3 is 2. The molecule has 0 spiro atoms. The van der Waals surface area contributed by atoms with Crippen LogP contribution < -0.4 is 4.74 Å². The van der Waals surface area contributed by atoms with Crippen molar-refractivity contribution in [1.29, 1.82) is 0 Å². The summed E-state index contributed by atoms with van der Waals surface area (Å²) < 4.78 is 10.2. The molecule has 4 heteroatoms.